The van der Waals surface area contributed by atoms with E-state index >= 15 is 0 Å². The molecule has 0 aliphatic heterocycles. The topological polar surface area (TPSA) is 114 Å². The standard InChI is InChI=1S/C21H26N4O3S/c1-2-10-21(11-6-3-7-12-21)20(28)25-15-9-5-4-8-14(15)23-18(27)16-13-29-19(24-16)17(22)26/h1,3,6,13-15H,4-5,7-12H2,(H2,22,26)(H,23,27)(H,25,28)/t14-,15-,21?/m1/s1. The summed E-state index contributed by atoms with van der Waals surface area (Å²) in [5.74, 6) is 1.61. The molecule has 0 aromatic carbocycles. The summed E-state index contributed by atoms with van der Waals surface area (Å²) in [6.07, 6.45) is 15.8. The minimum Gasteiger partial charge on any atom is -0.364 e. The average Bonchev–Trinajstić information content (AvgIpc) is 3.21. The number of carbonyl (C=O) groups is 3. The van der Waals surface area contributed by atoms with E-state index in [4.69, 9.17) is 12.2 Å². The van der Waals surface area contributed by atoms with Crippen LogP contribution in [-0.4, -0.2) is 34.8 Å². The molecule has 3 amide bonds. The van der Waals surface area contributed by atoms with Crippen LogP contribution in [0.3, 0.4) is 0 Å². The van der Waals surface area contributed by atoms with Crippen LogP contribution in [0.4, 0.5) is 0 Å². The first-order chi connectivity index (χ1) is 13.9. The Balaban J connectivity index is 1.68. The van der Waals surface area contributed by atoms with E-state index in [1.807, 2.05) is 6.08 Å². The number of carbonyl (C=O) groups excluding carboxylic acids is 3. The smallest absolute Gasteiger partial charge is 0.277 e. The fraction of sp³-hybridized carbons (Fsp3) is 0.524. The van der Waals surface area contributed by atoms with Crippen LogP contribution < -0.4 is 16.4 Å². The third kappa shape index (κ3) is 4.85. The molecule has 29 heavy (non-hydrogen) atoms. The summed E-state index contributed by atoms with van der Waals surface area (Å²) in [5, 5.41) is 7.76. The SMILES string of the molecule is C#CCC1(C(=O)N[C@@H]2CCCC[C@H]2NC(=O)c2csc(C(N)=O)n2)CC=CCC1. The second-order valence-corrected chi connectivity index (χ2v) is 8.58. The van der Waals surface area contributed by atoms with Gasteiger partial charge in [-0.05, 0) is 32.1 Å². The Kier molecular flexibility index (Phi) is 6.70. The highest BCUT2D eigenvalue weighted by Crippen LogP contribution is 2.36. The monoisotopic (exact) mass is 414 g/mol. The van der Waals surface area contributed by atoms with Crippen molar-refractivity contribution in [3.8, 4) is 12.3 Å². The van der Waals surface area contributed by atoms with Gasteiger partial charge in [-0.15, -0.1) is 23.7 Å². The molecular formula is C21H26N4O3S. The number of nitrogens with two attached hydrogens (primary N) is 1. The van der Waals surface area contributed by atoms with Crippen LogP contribution in [0.1, 0.15) is 71.7 Å². The van der Waals surface area contributed by atoms with E-state index in [1.54, 1.807) is 0 Å². The first-order valence-electron chi connectivity index (χ1n) is 9.91. The third-order valence-corrected chi connectivity index (χ3v) is 6.59. The molecule has 3 atom stereocenters. The third-order valence-electron chi connectivity index (χ3n) is 5.73. The maximum Gasteiger partial charge on any atom is 0.277 e. The number of primary amides is 1. The number of aromatic nitrogens is 1. The van der Waals surface area contributed by atoms with Gasteiger partial charge in [0.25, 0.3) is 11.8 Å². The summed E-state index contributed by atoms with van der Waals surface area (Å²) in [6.45, 7) is 0. The number of allylic oxidation sites excluding steroid dienone is 2. The second kappa shape index (κ2) is 9.23. The van der Waals surface area contributed by atoms with Gasteiger partial charge in [-0.3, -0.25) is 14.4 Å². The summed E-state index contributed by atoms with van der Waals surface area (Å²) in [4.78, 5) is 40.9. The van der Waals surface area contributed by atoms with Gasteiger partial charge in [0.1, 0.15) is 5.69 Å². The van der Waals surface area contributed by atoms with Crippen molar-refractivity contribution in [3.05, 3.63) is 28.2 Å². The van der Waals surface area contributed by atoms with Crippen LogP contribution in [0.25, 0.3) is 0 Å². The van der Waals surface area contributed by atoms with Crippen LogP contribution in [0.5, 0.6) is 0 Å². The largest absolute Gasteiger partial charge is 0.364 e. The number of rotatable bonds is 6. The van der Waals surface area contributed by atoms with Gasteiger partial charge in [0.05, 0.1) is 5.41 Å². The molecular weight excluding hydrogens is 388 g/mol. The quantitative estimate of drug-likeness (QED) is 0.489. The number of nitrogens with one attached hydrogen (secondary N) is 2. The van der Waals surface area contributed by atoms with Crippen LogP contribution in [0.15, 0.2) is 17.5 Å². The van der Waals surface area contributed by atoms with Crippen molar-refractivity contribution in [2.75, 3.05) is 0 Å². The van der Waals surface area contributed by atoms with Gasteiger partial charge in [0, 0.05) is 23.9 Å². The lowest BCUT2D eigenvalue weighted by Crippen LogP contribution is -2.56. The molecule has 8 heteroatoms. The molecule has 3 rings (SSSR count). The first-order valence-corrected chi connectivity index (χ1v) is 10.8. The predicted molar refractivity (Wildman–Crippen MR) is 111 cm³/mol. The molecule has 1 heterocycles. The Morgan fingerprint density at radius 2 is 1.97 bits per heavy atom. The van der Waals surface area contributed by atoms with Crippen LogP contribution in [0, 0.1) is 17.8 Å². The van der Waals surface area contributed by atoms with Crippen molar-refractivity contribution in [2.45, 2.75) is 63.5 Å². The van der Waals surface area contributed by atoms with Gasteiger partial charge in [-0.1, -0.05) is 25.0 Å². The fourth-order valence-corrected chi connectivity index (χ4v) is 4.71. The average molecular weight is 415 g/mol. The molecule has 2 aliphatic carbocycles. The van der Waals surface area contributed by atoms with Gasteiger partial charge in [0.2, 0.25) is 5.91 Å². The summed E-state index contributed by atoms with van der Waals surface area (Å²) < 4.78 is 0. The summed E-state index contributed by atoms with van der Waals surface area (Å²) in [6, 6.07) is -0.351. The van der Waals surface area contributed by atoms with Gasteiger partial charge < -0.3 is 16.4 Å². The highest BCUT2D eigenvalue weighted by atomic mass is 32.1. The molecule has 7 nitrogen and oxygen atoms in total. The van der Waals surface area contributed by atoms with Crippen molar-refractivity contribution in [1.82, 2.24) is 15.6 Å². The van der Waals surface area contributed by atoms with Crippen molar-refractivity contribution < 1.29 is 14.4 Å². The second-order valence-electron chi connectivity index (χ2n) is 7.72. The van der Waals surface area contributed by atoms with Crippen molar-refractivity contribution in [2.24, 2.45) is 11.1 Å². The van der Waals surface area contributed by atoms with E-state index in [9.17, 15) is 14.4 Å². The first kappa shape index (κ1) is 21.1. The van der Waals surface area contributed by atoms with Gasteiger partial charge >= 0.3 is 0 Å². The van der Waals surface area contributed by atoms with Crippen molar-refractivity contribution >= 4 is 29.1 Å². The minimum absolute atomic E-state index is 0.0318. The Bertz CT molecular complexity index is 856. The van der Waals surface area contributed by atoms with Crippen LogP contribution >= 0.6 is 11.3 Å². The number of amides is 3. The van der Waals surface area contributed by atoms with E-state index in [-0.39, 0.29) is 34.6 Å². The number of hydrogen-bond acceptors (Lipinski definition) is 5. The summed E-state index contributed by atoms with van der Waals surface area (Å²) in [5.41, 5.74) is 4.81. The van der Waals surface area contributed by atoms with E-state index < -0.39 is 11.3 Å². The zero-order chi connectivity index (χ0) is 20.9. The fourth-order valence-electron chi connectivity index (χ4n) is 4.06. The molecule has 0 radical (unpaired) electrons. The maximum absolute atomic E-state index is 13.1. The Morgan fingerprint density at radius 3 is 2.55 bits per heavy atom. The van der Waals surface area contributed by atoms with Gasteiger partial charge in [0.15, 0.2) is 5.01 Å². The number of terminal acetylenes is 1. The molecule has 0 saturated heterocycles. The van der Waals surface area contributed by atoms with Crippen LogP contribution in [0.2, 0.25) is 0 Å². The molecule has 4 N–H and O–H groups in total. The van der Waals surface area contributed by atoms with Gasteiger partial charge in [-0.25, -0.2) is 4.98 Å². The number of hydrogen-bond donors (Lipinski definition) is 3. The molecule has 1 fully saturated rings. The lowest BCUT2D eigenvalue weighted by molar-refractivity contribution is -0.132. The zero-order valence-corrected chi connectivity index (χ0v) is 17.1. The Hall–Kier alpha value is -2.66. The molecule has 0 bridgehead atoms. The Morgan fingerprint density at radius 1 is 1.24 bits per heavy atom. The van der Waals surface area contributed by atoms with Crippen molar-refractivity contribution in [3.63, 3.8) is 0 Å². The highest BCUT2D eigenvalue weighted by Gasteiger charge is 2.40. The lowest BCUT2D eigenvalue weighted by Gasteiger charge is -2.37. The molecule has 2 aliphatic rings. The van der Waals surface area contributed by atoms with E-state index in [0.717, 1.165) is 49.9 Å². The van der Waals surface area contributed by atoms with E-state index in [2.05, 4.69) is 27.6 Å². The predicted octanol–water partition coefficient (Wildman–Crippen LogP) is 2.15. The number of thiazole rings is 1. The van der Waals surface area contributed by atoms with E-state index in [1.165, 1.54) is 5.38 Å². The summed E-state index contributed by atoms with van der Waals surface area (Å²) in [7, 11) is 0. The van der Waals surface area contributed by atoms with E-state index in [0.29, 0.717) is 12.8 Å². The van der Waals surface area contributed by atoms with Crippen LogP contribution in [-0.2, 0) is 4.79 Å². The lowest BCUT2D eigenvalue weighted by atomic mass is 9.73. The molecule has 1 saturated carbocycles. The molecule has 154 valence electrons. The summed E-state index contributed by atoms with van der Waals surface area (Å²) >= 11 is 1.04. The molecule has 1 aromatic rings. The normalized spacial score (nSPS) is 26.3. The number of nitrogens with zero attached hydrogens (tertiary/aromatic N) is 1. The minimum atomic E-state index is -0.655. The molecule has 0 spiro atoms. The zero-order valence-electron chi connectivity index (χ0n) is 16.3. The Labute approximate surface area is 174 Å². The van der Waals surface area contributed by atoms with Crippen molar-refractivity contribution in [1.29, 1.82) is 0 Å². The highest BCUT2D eigenvalue weighted by molar-refractivity contribution is 7.11. The maximum atomic E-state index is 13.1. The molecule has 1 unspecified atom stereocenters. The molecule has 1 aromatic heterocycles. The van der Waals surface area contributed by atoms with Gasteiger partial charge in [-0.2, -0.15) is 0 Å².